The molecule has 9 rings (SSSR count). The second-order valence-electron chi connectivity index (χ2n) is 14.1. The summed E-state index contributed by atoms with van der Waals surface area (Å²) >= 11 is 0. The van der Waals surface area contributed by atoms with Crippen LogP contribution in [-0.2, 0) is 21.1 Å². The van der Waals surface area contributed by atoms with Crippen LogP contribution in [0.4, 0.5) is 0 Å². The van der Waals surface area contributed by atoms with Crippen molar-refractivity contribution in [3.05, 3.63) is 193 Å². The number of para-hydroxylation sites is 2. The van der Waals surface area contributed by atoms with Gasteiger partial charge in [-0.15, -0.1) is 23.8 Å². The number of nitrogens with zero attached hydrogens (tertiary/aromatic N) is 3. The molecule has 0 saturated carbocycles. The van der Waals surface area contributed by atoms with E-state index in [4.69, 9.17) is 15.5 Å². The summed E-state index contributed by atoms with van der Waals surface area (Å²) in [6.07, 6.45) is 1.81. The molecule has 0 amide bonds. The minimum absolute atomic E-state index is 0. The summed E-state index contributed by atoms with van der Waals surface area (Å²) in [4.78, 5) is 10.1. The Kier molecular flexibility index (Phi) is 9.23. The van der Waals surface area contributed by atoms with Gasteiger partial charge in [-0.3, -0.25) is 9.55 Å². The molecule has 9 aromatic rings. The molecule has 0 atom stereocenters. The van der Waals surface area contributed by atoms with E-state index in [9.17, 15) is 5.11 Å². The van der Waals surface area contributed by atoms with Crippen LogP contribution < -0.4 is 0 Å². The summed E-state index contributed by atoms with van der Waals surface area (Å²) in [7, 11) is 0. The van der Waals surface area contributed by atoms with Gasteiger partial charge in [-0.05, 0) is 88.1 Å². The summed E-state index contributed by atoms with van der Waals surface area (Å²) in [5.74, 6) is -0.269. The van der Waals surface area contributed by atoms with Gasteiger partial charge < -0.3 is 5.11 Å². The third kappa shape index (κ3) is 7.37. The third-order valence-electron chi connectivity index (χ3n) is 10.3. The Balaban J connectivity index is 0.00000514. The van der Waals surface area contributed by atoms with Crippen molar-refractivity contribution in [2.24, 2.45) is 0 Å². The first-order chi connectivity index (χ1) is 28.9. The van der Waals surface area contributed by atoms with Gasteiger partial charge in [-0.25, -0.2) is 4.98 Å². The van der Waals surface area contributed by atoms with E-state index < -0.39 is 12.7 Å². The van der Waals surface area contributed by atoms with E-state index in [1.165, 1.54) is 0 Å². The Morgan fingerprint density at radius 3 is 1.96 bits per heavy atom. The molecule has 0 aliphatic carbocycles. The number of hydrogen-bond acceptors (Lipinski definition) is 3. The molecule has 280 valence electrons. The second-order valence-corrected chi connectivity index (χ2v) is 14.1. The van der Waals surface area contributed by atoms with Crippen LogP contribution >= 0.6 is 0 Å². The molecular weight excluding hydrogens is 878 g/mol. The summed E-state index contributed by atoms with van der Waals surface area (Å²) in [6, 6.07) is 58.3. The number of phenolic OH excluding ortho intramolecular Hbond substituents is 1. The number of hydrogen-bond donors (Lipinski definition) is 1. The topological polar surface area (TPSA) is 50.9 Å². The Hall–Kier alpha value is -6.35. The number of pyridine rings is 1. The van der Waals surface area contributed by atoms with E-state index in [-0.39, 0.29) is 32.4 Å². The summed E-state index contributed by atoms with van der Waals surface area (Å²) in [6.45, 7) is 1.29. The number of phenols is 1. The molecule has 0 aliphatic heterocycles. The van der Waals surface area contributed by atoms with E-state index >= 15 is 0 Å². The Bertz CT molecular complexity index is 3010. The molecule has 7 aromatic carbocycles. The van der Waals surface area contributed by atoms with Crippen molar-refractivity contribution in [1.29, 1.82) is 0 Å². The molecule has 0 radical (unpaired) electrons. The van der Waals surface area contributed by atoms with E-state index in [1.807, 2.05) is 140 Å². The van der Waals surface area contributed by atoms with Crippen LogP contribution in [0.2, 0.25) is 0 Å². The standard InChI is InChI=1S/C52H40N3O.Pt/c1-34(2)36-21-23-39(24-22-36)41-27-28-53-47(33-41)44-31-42(38-15-8-5-9-16-38)30-43(32-44)45-18-12-19-49-51(45)54-52(46-17-10-11-20-50(46)56)55(49)48-26-25-40(29-35(48)3)37-13-6-4-7-14-37;/h4-31,33-34,56H,1-3H3;/q-1;/i3D3,34D;. The second kappa shape index (κ2) is 16.0. The predicted octanol–water partition coefficient (Wildman–Crippen LogP) is 13.4. The van der Waals surface area contributed by atoms with Gasteiger partial charge in [0.2, 0.25) is 0 Å². The Morgan fingerprint density at radius 2 is 1.25 bits per heavy atom. The summed E-state index contributed by atoms with van der Waals surface area (Å²) in [5, 5.41) is 11.3. The van der Waals surface area contributed by atoms with Crippen LogP contribution in [0.15, 0.2) is 176 Å². The Labute approximate surface area is 354 Å². The summed E-state index contributed by atoms with van der Waals surface area (Å²) in [5.41, 5.74) is 12.1. The average molecular weight is 922 g/mol. The molecule has 0 saturated heterocycles. The average Bonchev–Trinajstić information content (AvgIpc) is 3.66. The van der Waals surface area contributed by atoms with Gasteiger partial charge >= 0.3 is 0 Å². The van der Waals surface area contributed by atoms with Gasteiger partial charge in [-0.2, -0.15) is 0 Å². The first-order valence-corrected chi connectivity index (χ1v) is 18.6. The number of fused-ring (bicyclic) bond motifs is 1. The van der Waals surface area contributed by atoms with Crippen LogP contribution in [-0.4, -0.2) is 19.6 Å². The number of aromatic nitrogens is 3. The number of imidazole rings is 1. The van der Waals surface area contributed by atoms with E-state index in [1.54, 1.807) is 24.3 Å². The van der Waals surface area contributed by atoms with Crippen LogP contribution in [0.3, 0.4) is 0 Å². The van der Waals surface area contributed by atoms with Crippen molar-refractivity contribution in [3.8, 4) is 78.6 Å². The fraction of sp³-hybridized carbons (Fsp3) is 0.0769. The first kappa shape index (κ1) is 32.8. The largest absolute Gasteiger partial charge is 0.507 e. The zero-order chi connectivity index (χ0) is 41.6. The molecule has 0 aliphatic rings. The van der Waals surface area contributed by atoms with E-state index in [2.05, 4.69) is 36.4 Å². The fourth-order valence-corrected chi connectivity index (χ4v) is 7.35. The van der Waals surface area contributed by atoms with Gasteiger partial charge in [0.05, 0.1) is 22.3 Å². The van der Waals surface area contributed by atoms with Crippen molar-refractivity contribution < 1.29 is 31.7 Å². The maximum Gasteiger partial charge on any atom is 0.148 e. The van der Waals surface area contributed by atoms with Crippen molar-refractivity contribution in [1.82, 2.24) is 14.5 Å². The summed E-state index contributed by atoms with van der Waals surface area (Å²) < 4.78 is 36.5. The minimum Gasteiger partial charge on any atom is -0.507 e. The maximum atomic E-state index is 11.3. The molecule has 2 heterocycles. The maximum absolute atomic E-state index is 11.3. The molecule has 0 fully saturated rings. The van der Waals surface area contributed by atoms with Crippen molar-refractivity contribution in [2.75, 3.05) is 0 Å². The van der Waals surface area contributed by atoms with E-state index in [0.29, 0.717) is 28.1 Å². The van der Waals surface area contributed by atoms with Crippen molar-refractivity contribution >= 4 is 11.0 Å². The number of aromatic hydroxyl groups is 1. The molecule has 4 nitrogen and oxygen atoms in total. The quantitative estimate of drug-likeness (QED) is 0.155. The molecule has 57 heavy (non-hydrogen) atoms. The van der Waals surface area contributed by atoms with Crippen LogP contribution in [0.5, 0.6) is 5.75 Å². The predicted molar refractivity (Wildman–Crippen MR) is 231 cm³/mol. The van der Waals surface area contributed by atoms with Crippen LogP contribution in [0, 0.1) is 12.9 Å². The molecule has 2 aromatic heterocycles. The Morgan fingerprint density at radius 1 is 0.614 bits per heavy atom. The molecule has 0 unspecified atom stereocenters. The number of rotatable bonds is 8. The van der Waals surface area contributed by atoms with Gasteiger partial charge in [0.1, 0.15) is 11.6 Å². The van der Waals surface area contributed by atoms with Gasteiger partial charge in [-0.1, -0.05) is 152 Å². The van der Waals surface area contributed by atoms with Crippen molar-refractivity contribution in [2.45, 2.75) is 26.6 Å². The van der Waals surface area contributed by atoms with E-state index in [0.717, 1.165) is 61.3 Å². The van der Waals surface area contributed by atoms with Crippen molar-refractivity contribution in [3.63, 3.8) is 0 Å². The SMILES string of the molecule is [2H]C([2H])([2H])c1cc(-c2ccccc2)ccc1-n1c(-c2ccccc2O)nc2c(-c3[c-]c(-c4cc(-c5ccc(C([2H])(C)C)cc5)ccn4)cc(-c4ccccc4)c3)cccc21.[Pt]. The molecule has 0 bridgehead atoms. The molecule has 1 N–H and O–H groups in total. The monoisotopic (exact) mass is 921 g/mol. The fourth-order valence-electron chi connectivity index (χ4n) is 7.35. The number of aryl methyl sites for hydroxylation is 1. The van der Waals surface area contributed by atoms with Crippen LogP contribution in [0.1, 0.15) is 36.4 Å². The minimum atomic E-state index is -2.47. The third-order valence-corrected chi connectivity index (χ3v) is 10.3. The molecule has 5 heteroatoms. The first-order valence-electron chi connectivity index (χ1n) is 20.6. The normalized spacial score (nSPS) is 12.6. The van der Waals surface area contributed by atoms with Gasteiger partial charge in [0, 0.05) is 38.4 Å². The van der Waals surface area contributed by atoms with Gasteiger partial charge in [0.15, 0.2) is 0 Å². The van der Waals surface area contributed by atoms with Gasteiger partial charge in [0.25, 0.3) is 0 Å². The molecular formula is C52H40N3OPt-. The molecule has 0 spiro atoms. The zero-order valence-electron chi connectivity index (χ0n) is 35.3. The smallest absolute Gasteiger partial charge is 0.148 e. The zero-order valence-corrected chi connectivity index (χ0v) is 33.6. The van der Waals surface area contributed by atoms with Crippen LogP contribution in [0.25, 0.3) is 83.9 Å². The number of benzene rings is 7.